The van der Waals surface area contributed by atoms with E-state index in [1.807, 2.05) is 0 Å². The van der Waals surface area contributed by atoms with Crippen LogP contribution in [0.2, 0.25) is 0 Å². The molecule has 3 aromatic rings. The number of hydrogen-bond acceptors (Lipinski definition) is 5. The number of aryl methyl sites for hydroxylation is 1. The Bertz CT molecular complexity index is 1040. The van der Waals surface area contributed by atoms with E-state index in [-0.39, 0.29) is 24.8 Å². The van der Waals surface area contributed by atoms with Gasteiger partial charge in [-0.25, -0.2) is 9.78 Å². The lowest BCUT2D eigenvalue weighted by molar-refractivity contribution is -0.154. The van der Waals surface area contributed by atoms with Gasteiger partial charge in [-0.3, -0.25) is 9.36 Å². The molecule has 0 aliphatic carbocycles. The molecule has 29 heavy (non-hydrogen) atoms. The van der Waals surface area contributed by atoms with Crippen molar-refractivity contribution < 1.29 is 27.1 Å². The number of oxazole rings is 1. The Hall–Kier alpha value is -3.30. The van der Waals surface area contributed by atoms with E-state index >= 15 is 0 Å². The Balaban J connectivity index is 1.47. The van der Waals surface area contributed by atoms with Gasteiger partial charge in [-0.1, -0.05) is 12.1 Å². The second-order valence-corrected chi connectivity index (χ2v) is 6.27. The molecule has 0 bridgehead atoms. The number of carbonyl (C=O) groups excluding carboxylic acids is 1. The van der Waals surface area contributed by atoms with Crippen molar-refractivity contribution in [2.24, 2.45) is 0 Å². The van der Waals surface area contributed by atoms with Crippen molar-refractivity contribution in [2.45, 2.75) is 32.1 Å². The molecular weight excluding hydrogens is 391 g/mol. The minimum absolute atomic E-state index is 0.123. The molecule has 0 spiro atoms. The van der Waals surface area contributed by atoms with E-state index in [0.29, 0.717) is 29.6 Å². The first-order valence-electron chi connectivity index (χ1n) is 8.81. The molecule has 0 aliphatic heterocycles. The average Bonchev–Trinajstić information content (AvgIpc) is 3.00. The highest BCUT2D eigenvalue weighted by atomic mass is 19.4. The van der Waals surface area contributed by atoms with Crippen LogP contribution in [-0.2, 0) is 17.9 Å². The third kappa shape index (κ3) is 5.84. The Morgan fingerprint density at radius 1 is 1.24 bits per heavy atom. The number of pyridine rings is 1. The summed E-state index contributed by atoms with van der Waals surface area (Å²) < 4.78 is 47.8. The van der Waals surface area contributed by atoms with E-state index in [0.717, 1.165) is 0 Å². The highest BCUT2D eigenvalue weighted by Crippen LogP contribution is 2.17. The molecule has 2 aromatic heterocycles. The molecule has 2 heterocycles. The molecule has 0 atom stereocenters. The lowest BCUT2D eigenvalue weighted by Crippen LogP contribution is -2.24. The molecule has 1 amide bonds. The summed E-state index contributed by atoms with van der Waals surface area (Å²) in [7, 11) is 0. The van der Waals surface area contributed by atoms with Crippen molar-refractivity contribution in [1.29, 1.82) is 0 Å². The van der Waals surface area contributed by atoms with Gasteiger partial charge in [0.15, 0.2) is 12.2 Å². The topological polar surface area (TPSA) is 86.4 Å². The Morgan fingerprint density at radius 3 is 2.83 bits per heavy atom. The normalized spacial score (nSPS) is 11.6. The van der Waals surface area contributed by atoms with Gasteiger partial charge in [-0.05, 0) is 30.2 Å². The zero-order valence-electron chi connectivity index (χ0n) is 15.2. The van der Waals surface area contributed by atoms with Crippen LogP contribution >= 0.6 is 0 Å². The predicted octanol–water partition coefficient (Wildman–Crippen LogP) is 3.03. The highest BCUT2D eigenvalue weighted by molar-refractivity contribution is 5.76. The summed E-state index contributed by atoms with van der Waals surface area (Å²) in [6, 6.07) is 9.92. The molecule has 0 radical (unpaired) electrons. The summed E-state index contributed by atoms with van der Waals surface area (Å²) >= 11 is 0. The fraction of sp³-hybridized carbons (Fsp3) is 0.316. The molecule has 0 saturated heterocycles. The Morgan fingerprint density at radius 2 is 2.03 bits per heavy atom. The number of amides is 1. The van der Waals surface area contributed by atoms with E-state index < -0.39 is 18.5 Å². The van der Waals surface area contributed by atoms with Gasteiger partial charge < -0.3 is 14.5 Å². The summed E-state index contributed by atoms with van der Waals surface area (Å²) in [6.07, 6.45) is -2.54. The zero-order valence-corrected chi connectivity index (χ0v) is 15.2. The lowest BCUT2D eigenvalue weighted by atomic mass is 10.2. The Labute approximate surface area is 163 Å². The summed E-state index contributed by atoms with van der Waals surface area (Å²) in [5.41, 5.74) is 1.71. The Kier molecular flexibility index (Phi) is 6.20. The number of rotatable bonds is 8. The molecule has 3 rings (SSSR count). The molecule has 154 valence electrons. The molecule has 0 aliphatic rings. The first-order valence-corrected chi connectivity index (χ1v) is 8.81. The number of ether oxygens (including phenoxy) is 1. The first-order chi connectivity index (χ1) is 13.8. The van der Waals surface area contributed by atoms with E-state index in [1.165, 1.54) is 16.8 Å². The van der Waals surface area contributed by atoms with Crippen molar-refractivity contribution >= 4 is 17.0 Å². The molecule has 7 nitrogen and oxygen atoms in total. The fourth-order valence-electron chi connectivity index (χ4n) is 2.71. The number of nitrogens with zero attached hydrogens (tertiary/aromatic N) is 2. The summed E-state index contributed by atoms with van der Waals surface area (Å²) in [4.78, 5) is 27.6. The molecule has 0 fully saturated rings. The van der Waals surface area contributed by atoms with Gasteiger partial charge in [0, 0.05) is 31.8 Å². The fourth-order valence-corrected chi connectivity index (χ4v) is 2.71. The van der Waals surface area contributed by atoms with Gasteiger partial charge in [0.05, 0.1) is 5.52 Å². The van der Waals surface area contributed by atoms with Crippen LogP contribution in [0.25, 0.3) is 11.1 Å². The quantitative estimate of drug-likeness (QED) is 0.618. The van der Waals surface area contributed by atoms with E-state index in [9.17, 15) is 22.8 Å². The van der Waals surface area contributed by atoms with Crippen LogP contribution in [0.3, 0.4) is 0 Å². The van der Waals surface area contributed by atoms with Crippen LogP contribution in [0, 0.1) is 0 Å². The van der Waals surface area contributed by atoms with Crippen molar-refractivity contribution in [3.05, 3.63) is 58.7 Å². The number of para-hydroxylation sites is 2. The first kappa shape index (κ1) is 20.4. The molecule has 1 aromatic carbocycles. The number of aromatic nitrogens is 2. The largest absolute Gasteiger partial charge is 0.468 e. The SMILES string of the molecule is O=C(CCCn1c(=O)oc2ccccc21)NCc1ccnc(OCC(F)(F)F)c1. The third-order valence-electron chi connectivity index (χ3n) is 4.03. The standard InChI is InChI=1S/C19H18F3N3O4/c20-19(21,22)12-28-17-10-13(7-8-23-17)11-24-16(26)6-3-9-25-14-4-1-2-5-15(14)29-18(25)27/h1-2,4-5,7-8,10H,3,6,9,11-12H2,(H,24,26). The van der Waals surface area contributed by atoms with Crippen LogP contribution in [-0.4, -0.2) is 28.2 Å². The van der Waals surface area contributed by atoms with Gasteiger partial charge in [0.25, 0.3) is 0 Å². The lowest BCUT2D eigenvalue weighted by Gasteiger charge is -2.10. The number of benzene rings is 1. The van der Waals surface area contributed by atoms with Gasteiger partial charge in [0.2, 0.25) is 11.8 Å². The maximum atomic E-state index is 12.2. The van der Waals surface area contributed by atoms with Crippen LogP contribution in [0.15, 0.2) is 51.8 Å². The minimum atomic E-state index is -4.45. The van der Waals surface area contributed by atoms with Crippen molar-refractivity contribution in [2.75, 3.05) is 6.61 Å². The average molecular weight is 409 g/mol. The smallest absolute Gasteiger partial charge is 0.422 e. The molecule has 0 saturated carbocycles. The second kappa shape index (κ2) is 8.80. The molecule has 10 heteroatoms. The third-order valence-corrected chi connectivity index (χ3v) is 4.03. The van der Waals surface area contributed by atoms with E-state index in [4.69, 9.17) is 4.42 Å². The summed E-state index contributed by atoms with van der Waals surface area (Å²) in [5.74, 6) is -0.893. The number of hydrogen-bond donors (Lipinski definition) is 1. The van der Waals surface area contributed by atoms with Gasteiger partial charge in [0.1, 0.15) is 0 Å². The number of carbonyl (C=O) groups is 1. The van der Waals surface area contributed by atoms with Crippen molar-refractivity contribution in [3.8, 4) is 5.88 Å². The summed E-state index contributed by atoms with van der Waals surface area (Å²) in [5, 5.41) is 2.68. The van der Waals surface area contributed by atoms with E-state index in [1.54, 1.807) is 30.3 Å². The number of alkyl halides is 3. The predicted molar refractivity (Wildman–Crippen MR) is 97.3 cm³/mol. The molecule has 1 N–H and O–H groups in total. The maximum absolute atomic E-state index is 12.2. The highest BCUT2D eigenvalue weighted by Gasteiger charge is 2.28. The molecular formula is C19H18F3N3O4. The van der Waals surface area contributed by atoms with Crippen LogP contribution < -0.4 is 15.8 Å². The minimum Gasteiger partial charge on any atom is -0.468 e. The second-order valence-electron chi connectivity index (χ2n) is 6.27. The van der Waals surface area contributed by atoms with Crippen LogP contribution in [0.1, 0.15) is 18.4 Å². The summed E-state index contributed by atoms with van der Waals surface area (Å²) in [6.45, 7) is -0.982. The van der Waals surface area contributed by atoms with Crippen LogP contribution in [0.5, 0.6) is 5.88 Å². The monoisotopic (exact) mass is 409 g/mol. The van der Waals surface area contributed by atoms with E-state index in [2.05, 4.69) is 15.0 Å². The molecule has 0 unspecified atom stereocenters. The van der Waals surface area contributed by atoms with Gasteiger partial charge >= 0.3 is 11.9 Å². The van der Waals surface area contributed by atoms with Crippen molar-refractivity contribution in [1.82, 2.24) is 14.9 Å². The van der Waals surface area contributed by atoms with Crippen LogP contribution in [0.4, 0.5) is 13.2 Å². The van der Waals surface area contributed by atoms with Gasteiger partial charge in [-0.2, -0.15) is 13.2 Å². The maximum Gasteiger partial charge on any atom is 0.422 e. The van der Waals surface area contributed by atoms with Gasteiger partial charge in [-0.15, -0.1) is 0 Å². The number of fused-ring (bicyclic) bond motifs is 1. The number of nitrogens with one attached hydrogen (secondary N) is 1. The zero-order chi connectivity index (χ0) is 20.9. The van der Waals surface area contributed by atoms with Crippen molar-refractivity contribution in [3.63, 3.8) is 0 Å². The number of halogens is 3.